The average molecular weight is 188 g/mol. The molecule has 1 aromatic rings. The molecule has 0 unspecified atom stereocenters. The van der Waals surface area contributed by atoms with Crippen molar-refractivity contribution in [1.29, 1.82) is 0 Å². The maximum absolute atomic E-state index is 3.80. The molecule has 1 aromatic carbocycles. The molecule has 0 heterocycles. The van der Waals surface area contributed by atoms with Crippen LogP contribution < -0.4 is 0 Å². The summed E-state index contributed by atoms with van der Waals surface area (Å²) in [5.41, 5.74) is 2.60. The van der Waals surface area contributed by atoms with Gasteiger partial charge in [-0.1, -0.05) is 36.4 Å². The van der Waals surface area contributed by atoms with Crippen molar-refractivity contribution in [1.82, 2.24) is 5.01 Å². The van der Waals surface area contributed by atoms with Crippen LogP contribution in [0.2, 0.25) is 0 Å². The van der Waals surface area contributed by atoms with Crippen molar-refractivity contribution in [2.75, 3.05) is 6.54 Å². The van der Waals surface area contributed by atoms with Gasteiger partial charge < -0.3 is 0 Å². The first-order chi connectivity index (χ1) is 6.76. The van der Waals surface area contributed by atoms with Gasteiger partial charge in [0.05, 0.1) is 0 Å². The van der Waals surface area contributed by atoms with Gasteiger partial charge in [-0.25, -0.2) is 0 Å². The average Bonchev–Trinajstić information content (AvgIpc) is 2.22. The first-order valence-corrected chi connectivity index (χ1v) is 4.67. The summed E-state index contributed by atoms with van der Waals surface area (Å²) in [6.45, 7) is 10.0. The Hall–Kier alpha value is -1.57. The van der Waals surface area contributed by atoms with Crippen LogP contribution in [-0.4, -0.2) is 18.3 Å². The highest BCUT2D eigenvalue weighted by Gasteiger charge is 1.96. The summed E-state index contributed by atoms with van der Waals surface area (Å²) in [7, 11) is 0. The largest absolute Gasteiger partial charge is 0.274 e. The molecule has 0 spiro atoms. The molecule has 0 atom stereocenters. The second kappa shape index (κ2) is 5.22. The maximum atomic E-state index is 3.80. The van der Waals surface area contributed by atoms with Crippen LogP contribution in [0.25, 0.3) is 0 Å². The number of hydrazone groups is 1. The summed E-state index contributed by atoms with van der Waals surface area (Å²) in [6.07, 6.45) is 2.65. The van der Waals surface area contributed by atoms with Crippen molar-refractivity contribution in [2.45, 2.75) is 13.3 Å². The van der Waals surface area contributed by atoms with E-state index >= 15 is 0 Å². The Morgan fingerprint density at radius 1 is 1.36 bits per heavy atom. The van der Waals surface area contributed by atoms with Gasteiger partial charge in [-0.3, -0.25) is 5.01 Å². The van der Waals surface area contributed by atoms with Crippen molar-refractivity contribution >= 4 is 6.72 Å². The smallest absolute Gasteiger partial charge is 0.0448 e. The van der Waals surface area contributed by atoms with Gasteiger partial charge in [0, 0.05) is 19.5 Å². The Labute approximate surface area is 85.6 Å². The van der Waals surface area contributed by atoms with Crippen LogP contribution in [-0.2, 0) is 6.42 Å². The summed E-state index contributed by atoms with van der Waals surface area (Å²) in [4.78, 5) is 0. The molecule has 0 saturated heterocycles. The minimum atomic E-state index is 0.829. The Morgan fingerprint density at radius 2 is 2.00 bits per heavy atom. The predicted molar refractivity (Wildman–Crippen MR) is 61.3 cm³/mol. The Balaban J connectivity index is 2.48. The molecule has 0 bridgehead atoms. The lowest BCUT2D eigenvalue weighted by molar-refractivity contribution is 0.408. The van der Waals surface area contributed by atoms with E-state index in [1.165, 1.54) is 11.1 Å². The highest BCUT2D eigenvalue weighted by atomic mass is 15.4. The zero-order valence-corrected chi connectivity index (χ0v) is 8.61. The first-order valence-electron chi connectivity index (χ1n) is 4.67. The third-order valence-corrected chi connectivity index (χ3v) is 2.14. The van der Waals surface area contributed by atoms with Crippen LogP contribution in [0.15, 0.2) is 42.1 Å². The van der Waals surface area contributed by atoms with Crippen LogP contribution >= 0.6 is 0 Å². The number of hydrogen-bond donors (Lipinski definition) is 0. The normalized spacial score (nSPS) is 9.50. The van der Waals surface area contributed by atoms with Gasteiger partial charge in [0.2, 0.25) is 0 Å². The topological polar surface area (TPSA) is 15.6 Å². The number of aryl methyl sites for hydroxylation is 1. The van der Waals surface area contributed by atoms with Gasteiger partial charge in [-0.15, -0.1) is 0 Å². The van der Waals surface area contributed by atoms with Gasteiger partial charge >= 0.3 is 0 Å². The maximum Gasteiger partial charge on any atom is 0.0448 e. The molecule has 0 aliphatic carbocycles. The monoisotopic (exact) mass is 188 g/mol. The van der Waals surface area contributed by atoms with Crippen LogP contribution in [0.5, 0.6) is 0 Å². The van der Waals surface area contributed by atoms with Gasteiger partial charge in [0.1, 0.15) is 0 Å². The molecule has 0 radical (unpaired) electrons. The Kier molecular flexibility index (Phi) is 3.92. The highest BCUT2D eigenvalue weighted by Crippen LogP contribution is 2.04. The lowest BCUT2D eigenvalue weighted by Crippen LogP contribution is -2.12. The van der Waals surface area contributed by atoms with Crippen LogP contribution in [0.1, 0.15) is 11.1 Å². The van der Waals surface area contributed by atoms with E-state index in [-0.39, 0.29) is 0 Å². The number of nitrogens with zero attached hydrogens (tertiary/aromatic N) is 2. The number of benzene rings is 1. The van der Waals surface area contributed by atoms with Crippen molar-refractivity contribution < 1.29 is 0 Å². The number of hydrogen-bond acceptors (Lipinski definition) is 2. The first kappa shape index (κ1) is 10.5. The molecular formula is C12H16N2. The lowest BCUT2D eigenvalue weighted by Gasteiger charge is -2.12. The van der Waals surface area contributed by atoms with E-state index in [1.807, 2.05) is 0 Å². The van der Waals surface area contributed by atoms with Crippen LogP contribution in [0.3, 0.4) is 0 Å². The zero-order chi connectivity index (χ0) is 10.4. The third kappa shape index (κ3) is 3.05. The lowest BCUT2D eigenvalue weighted by atomic mass is 10.1. The Morgan fingerprint density at radius 3 is 2.50 bits per heavy atom. The minimum absolute atomic E-state index is 0.829. The SMILES string of the molecule is C=CN(CCc1ccc(C)cc1)N=C. The molecular weight excluding hydrogens is 172 g/mol. The third-order valence-electron chi connectivity index (χ3n) is 2.14. The van der Waals surface area contributed by atoms with E-state index in [0.29, 0.717) is 0 Å². The van der Waals surface area contributed by atoms with E-state index < -0.39 is 0 Å². The Bertz CT molecular complexity index is 293. The molecule has 14 heavy (non-hydrogen) atoms. The summed E-state index contributed by atoms with van der Waals surface area (Å²) < 4.78 is 0. The van der Waals surface area contributed by atoms with Gasteiger partial charge in [-0.2, -0.15) is 5.10 Å². The molecule has 0 amide bonds. The summed E-state index contributed by atoms with van der Waals surface area (Å²) in [5.74, 6) is 0. The molecule has 0 fully saturated rings. The fourth-order valence-corrected chi connectivity index (χ4v) is 1.22. The van der Waals surface area contributed by atoms with E-state index in [2.05, 4.69) is 49.6 Å². The van der Waals surface area contributed by atoms with Crippen LogP contribution in [0.4, 0.5) is 0 Å². The molecule has 0 aliphatic rings. The second-order valence-corrected chi connectivity index (χ2v) is 3.22. The fourth-order valence-electron chi connectivity index (χ4n) is 1.22. The van der Waals surface area contributed by atoms with Crippen molar-refractivity contribution in [2.24, 2.45) is 5.10 Å². The van der Waals surface area contributed by atoms with E-state index in [0.717, 1.165) is 13.0 Å². The molecule has 74 valence electrons. The van der Waals surface area contributed by atoms with Crippen molar-refractivity contribution in [3.8, 4) is 0 Å². The molecule has 0 saturated carbocycles. The van der Waals surface area contributed by atoms with Gasteiger partial charge in [-0.05, 0) is 18.9 Å². The fraction of sp³-hybridized carbons (Fsp3) is 0.250. The van der Waals surface area contributed by atoms with Gasteiger partial charge in [0.25, 0.3) is 0 Å². The van der Waals surface area contributed by atoms with Crippen molar-refractivity contribution in [3.05, 3.63) is 48.2 Å². The van der Waals surface area contributed by atoms with Gasteiger partial charge in [0.15, 0.2) is 0 Å². The summed E-state index contributed by atoms with van der Waals surface area (Å²) >= 11 is 0. The zero-order valence-electron chi connectivity index (χ0n) is 8.61. The standard InChI is InChI=1S/C12H16N2/c1-4-14(13-3)10-9-12-7-5-11(2)6-8-12/h4-8H,1,3,9-10H2,2H3. The molecule has 2 nitrogen and oxygen atoms in total. The predicted octanol–water partition coefficient (Wildman–Crippen LogP) is 2.60. The minimum Gasteiger partial charge on any atom is -0.274 e. The molecule has 0 aromatic heterocycles. The second-order valence-electron chi connectivity index (χ2n) is 3.22. The quantitative estimate of drug-likeness (QED) is 0.512. The summed E-state index contributed by atoms with van der Waals surface area (Å²) in [5, 5.41) is 5.54. The number of rotatable bonds is 5. The summed E-state index contributed by atoms with van der Waals surface area (Å²) in [6, 6.07) is 8.52. The highest BCUT2D eigenvalue weighted by molar-refractivity contribution is 5.23. The molecule has 2 heteroatoms. The molecule has 0 aliphatic heterocycles. The van der Waals surface area contributed by atoms with E-state index in [4.69, 9.17) is 0 Å². The van der Waals surface area contributed by atoms with E-state index in [1.54, 1.807) is 11.2 Å². The molecule has 0 N–H and O–H groups in total. The van der Waals surface area contributed by atoms with Crippen molar-refractivity contribution in [3.63, 3.8) is 0 Å². The molecule has 1 rings (SSSR count). The van der Waals surface area contributed by atoms with E-state index in [9.17, 15) is 0 Å². The van der Waals surface area contributed by atoms with Crippen LogP contribution in [0, 0.1) is 6.92 Å².